The maximum absolute atomic E-state index is 6.22. The molecule has 2 aromatic rings. The molecular weight excluding hydrogens is 340 g/mol. The molecule has 20 heavy (non-hydrogen) atoms. The third kappa shape index (κ3) is 4.35. The summed E-state index contributed by atoms with van der Waals surface area (Å²) in [6, 6.07) is 9.72. The fourth-order valence-electron chi connectivity index (χ4n) is 1.82. The van der Waals surface area contributed by atoms with Gasteiger partial charge in [-0.25, -0.2) is 0 Å². The van der Waals surface area contributed by atoms with Crippen LogP contribution in [0.25, 0.3) is 11.3 Å². The maximum Gasteiger partial charge on any atom is 0.135 e. The summed E-state index contributed by atoms with van der Waals surface area (Å²) in [7, 11) is 4.12. The van der Waals surface area contributed by atoms with Crippen molar-refractivity contribution < 1.29 is 4.42 Å². The predicted molar refractivity (Wildman–Crippen MR) is 87.1 cm³/mol. The fraction of sp³-hybridized carbons (Fsp3) is 0.333. The van der Waals surface area contributed by atoms with Crippen LogP contribution < -0.4 is 5.32 Å². The van der Waals surface area contributed by atoms with Crippen LogP contribution in [-0.4, -0.2) is 32.1 Å². The Morgan fingerprint density at radius 1 is 1.25 bits per heavy atom. The van der Waals surface area contributed by atoms with E-state index in [-0.39, 0.29) is 0 Å². The van der Waals surface area contributed by atoms with Crippen molar-refractivity contribution in [2.24, 2.45) is 0 Å². The number of rotatable bonds is 6. The van der Waals surface area contributed by atoms with Crippen LogP contribution in [0.5, 0.6) is 0 Å². The van der Waals surface area contributed by atoms with Crippen LogP contribution in [0.4, 0.5) is 0 Å². The molecule has 0 fully saturated rings. The first kappa shape index (κ1) is 15.6. The van der Waals surface area contributed by atoms with Gasteiger partial charge in [0.05, 0.1) is 11.6 Å². The summed E-state index contributed by atoms with van der Waals surface area (Å²) in [5, 5.41) is 4.03. The average molecular weight is 358 g/mol. The summed E-state index contributed by atoms with van der Waals surface area (Å²) in [6.45, 7) is 2.66. The highest BCUT2D eigenvalue weighted by Crippen LogP contribution is 2.31. The number of hydrogen-bond donors (Lipinski definition) is 1. The monoisotopic (exact) mass is 356 g/mol. The van der Waals surface area contributed by atoms with Crippen molar-refractivity contribution in [3.8, 4) is 11.3 Å². The molecule has 0 amide bonds. The Labute approximate surface area is 133 Å². The highest BCUT2D eigenvalue weighted by molar-refractivity contribution is 9.10. The van der Waals surface area contributed by atoms with Gasteiger partial charge in [0.1, 0.15) is 11.5 Å². The van der Waals surface area contributed by atoms with E-state index in [0.29, 0.717) is 5.02 Å². The van der Waals surface area contributed by atoms with E-state index in [1.165, 1.54) is 0 Å². The minimum Gasteiger partial charge on any atom is -0.460 e. The van der Waals surface area contributed by atoms with Crippen LogP contribution in [0, 0.1) is 0 Å². The summed E-state index contributed by atoms with van der Waals surface area (Å²) in [4.78, 5) is 2.14. The molecule has 0 unspecified atom stereocenters. The largest absolute Gasteiger partial charge is 0.460 e. The molecule has 0 saturated heterocycles. The van der Waals surface area contributed by atoms with Crippen molar-refractivity contribution in [1.82, 2.24) is 10.2 Å². The molecule has 0 aliphatic carbocycles. The molecule has 0 aliphatic rings. The van der Waals surface area contributed by atoms with Gasteiger partial charge >= 0.3 is 0 Å². The Bertz CT molecular complexity index is 569. The summed E-state index contributed by atoms with van der Waals surface area (Å²) < 4.78 is 6.78. The quantitative estimate of drug-likeness (QED) is 0.792. The average Bonchev–Trinajstić information content (AvgIpc) is 2.83. The maximum atomic E-state index is 6.22. The second-order valence-corrected chi connectivity index (χ2v) is 6.19. The Kier molecular flexibility index (Phi) is 5.66. The third-order valence-corrected chi connectivity index (χ3v) is 3.70. The zero-order valence-corrected chi connectivity index (χ0v) is 14.0. The zero-order chi connectivity index (χ0) is 14.5. The normalized spacial score (nSPS) is 11.2. The fourth-order valence-corrected chi connectivity index (χ4v) is 2.59. The molecule has 0 bridgehead atoms. The topological polar surface area (TPSA) is 28.4 Å². The van der Waals surface area contributed by atoms with E-state index in [9.17, 15) is 0 Å². The summed E-state index contributed by atoms with van der Waals surface area (Å²) in [6.07, 6.45) is 0. The SMILES string of the molecule is CN(C)CCNCc1ccc(-c2ccc(Br)cc2Cl)o1. The lowest BCUT2D eigenvalue weighted by Gasteiger charge is -2.09. The summed E-state index contributed by atoms with van der Waals surface area (Å²) >= 11 is 9.62. The van der Waals surface area contributed by atoms with E-state index in [1.54, 1.807) is 0 Å². The second-order valence-electron chi connectivity index (χ2n) is 4.87. The van der Waals surface area contributed by atoms with E-state index in [2.05, 4.69) is 40.2 Å². The number of nitrogens with one attached hydrogen (secondary N) is 1. The summed E-state index contributed by atoms with van der Waals surface area (Å²) in [5.41, 5.74) is 0.911. The number of furan rings is 1. The van der Waals surface area contributed by atoms with Crippen molar-refractivity contribution in [3.63, 3.8) is 0 Å². The number of nitrogens with zero attached hydrogens (tertiary/aromatic N) is 1. The van der Waals surface area contributed by atoms with Crippen molar-refractivity contribution >= 4 is 27.5 Å². The van der Waals surface area contributed by atoms with Gasteiger partial charge in [0, 0.05) is 23.1 Å². The van der Waals surface area contributed by atoms with Crippen LogP contribution in [0.1, 0.15) is 5.76 Å². The van der Waals surface area contributed by atoms with Crippen molar-refractivity contribution in [1.29, 1.82) is 0 Å². The minimum absolute atomic E-state index is 0.681. The molecule has 0 aliphatic heterocycles. The number of benzene rings is 1. The predicted octanol–water partition coefficient (Wildman–Crippen LogP) is 4.01. The lowest BCUT2D eigenvalue weighted by atomic mass is 10.2. The number of hydrogen-bond acceptors (Lipinski definition) is 3. The van der Waals surface area contributed by atoms with Crippen LogP contribution in [0.2, 0.25) is 5.02 Å². The molecule has 3 nitrogen and oxygen atoms in total. The first-order valence-corrected chi connectivity index (χ1v) is 7.63. The zero-order valence-electron chi connectivity index (χ0n) is 11.6. The molecule has 108 valence electrons. The van der Waals surface area contributed by atoms with Crippen molar-refractivity contribution in [3.05, 3.63) is 45.6 Å². The molecule has 1 aromatic heterocycles. The van der Waals surface area contributed by atoms with E-state index in [4.69, 9.17) is 16.0 Å². The lowest BCUT2D eigenvalue weighted by molar-refractivity contribution is 0.392. The van der Waals surface area contributed by atoms with Crippen LogP contribution >= 0.6 is 27.5 Å². The molecule has 2 rings (SSSR count). The molecule has 1 aromatic carbocycles. The van der Waals surface area contributed by atoms with E-state index >= 15 is 0 Å². The van der Waals surface area contributed by atoms with Gasteiger partial charge in [0.2, 0.25) is 0 Å². The molecule has 0 atom stereocenters. The van der Waals surface area contributed by atoms with Crippen molar-refractivity contribution in [2.45, 2.75) is 6.54 Å². The van der Waals surface area contributed by atoms with Gasteiger partial charge in [-0.15, -0.1) is 0 Å². The Morgan fingerprint density at radius 3 is 2.75 bits per heavy atom. The van der Waals surface area contributed by atoms with Crippen LogP contribution in [0.3, 0.4) is 0 Å². The van der Waals surface area contributed by atoms with Crippen LogP contribution in [0.15, 0.2) is 39.2 Å². The first-order chi connectivity index (χ1) is 9.56. The molecule has 0 spiro atoms. The standard InChI is InChI=1S/C15H18BrClN2O/c1-19(2)8-7-18-10-12-4-6-15(20-12)13-5-3-11(16)9-14(13)17/h3-6,9,18H,7-8,10H2,1-2H3. The molecule has 0 radical (unpaired) electrons. The van der Waals surface area contributed by atoms with E-state index in [0.717, 1.165) is 41.2 Å². The third-order valence-electron chi connectivity index (χ3n) is 2.89. The molecule has 5 heteroatoms. The van der Waals surface area contributed by atoms with Gasteiger partial charge in [-0.1, -0.05) is 27.5 Å². The number of halogens is 2. The highest BCUT2D eigenvalue weighted by atomic mass is 79.9. The lowest BCUT2D eigenvalue weighted by Crippen LogP contribution is -2.25. The van der Waals surface area contributed by atoms with Crippen LogP contribution in [-0.2, 0) is 6.54 Å². The smallest absolute Gasteiger partial charge is 0.135 e. The number of likely N-dealkylation sites (N-methyl/N-ethyl adjacent to an activating group) is 1. The van der Waals surface area contributed by atoms with Gasteiger partial charge in [-0.05, 0) is 44.4 Å². The van der Waals surface area contributed by atoms with Gasteiger partial charge in [-0.3, -0.25) is 0 Å². The minimum atomic E-state index is 0.681. The van der Waals surface area contributed by atoms with Crippen molar-refractivity contribution in [2.75, 3.05) is 27.2 Å². The first-order valence-electron chi connectivity index (χ1n) is 6.46. The van der Waals surface area contributed by atoms with Gasteiger partial charge in [-0.2, -0.15) is 0 Å². The molecule has 1 N–H and O–H groups in total. The highest BCUT2D eigenvalue weighted by Gasteiger charge is 2.08. The molecule has 0 saturated carbocycles. The molecular formula is C15H18BrClN2O. The van der Waals surface area contributed by atoms with Gasteiger partial charge in [0.15, 0.2) is 0 Å². The van der Waals surface area contributed by atoms with Gasteiger partial charge in [0.25, 0.3) is 0 Å². The summed E-state index contributed by atoms with van der Waals surface area (Å²) in [5.74, 6) is 1.71. The van der Waals surface area contributed by atoms with E-state index in [1.807, 2.05) is 30.3 Å². The van der Waals surface area contributed by atoms with Gasteiger partial charge < -0.3 is 14.6 Å². The molecule has 1 heterocycles. The van der Waals surface area contributed by atoms with E-state index < -0.39 is 0 Å². The Balaban J connectivity index is 1.98. The Hall–Kier alpha value is -0.810. The Morgan fingerprint density at radius 2 is 2.05 bits per heavy atom. The second kappa shape index (κ2) is 7.27.